The molecule has 1 aromatic carbocycles. The van der Waals surface area contributed by atoms with Crippen molar-refractivity contribution in [2.24, 2.45) is 5.29 Å². The Morgan fingerprint density at radius 2 is 2.06 bits per heavy atom. The molecule has 0 unspecified atom stereocenters. The third-order valence-electron chi connectivity index (χ3n) is 1.96. The van der Waals surface area contributed by atoms with Crippen LogP contribution in [0.5, 0.6) is 0 Å². The van der Waals surface area contributed by atoms with Crippen LogP contribution in [0.4, 0.5) is 11.4 Å². The van der Waals surface area contributed by atoms with Crippen LogP contribution < -0.4 is 10.7 Å². The number of carboxylic acid groups (broad SMARTS) is 1. The van der Waals surface area contributed by atoms with Gasteiger partial charge in [-0.25, -0.2) is 9.80 Å². The minimum atomic E-state index is -1.05. The maximum atomic E-state index is 10.6. The van der Waals surface area contributed by atoms with Crippen molar-refractivity contribution in [3.05, 3.63) is 29.2 Å². The number of anilines is 2. The van der Waals surface area contributed by atoms with Gasteiger partial charge in [-0.3, -0.25) is 0 Å². The topological polar surface area (TPSA) is 105 Å². The van der Waals surface area contributed by atoms with Gasteiger partial charge in [-0.1, -0.05) is 0 Å². The average molecular weight is 239 g/mol. The zero-order chi connectivity index (χ0) is 12.7. The van der Waals surface area contributed by atoms with Crippen molar-refractivity contribution in [1.82, 2.24) is 0 Å². The van der Waals surface area contributed by atoms with Crippen molar-refractivity contribution in [3.63, 3.8) is 0 Å². The van der Waals surface area contributed by atoms with Crippen LogP contribution in [0.2, 0.25) is 0 Å². The predicted molar refractivity (Wildman–Crippen MR) is 62.5 cm³/mol. The smallest absolute Gasteiger partial charge is 0.329 e. The number of carbonyl (C=O) groups is 1. The fraction of sp³-hybridized carbons (Fsp3) is 0.300. The second-order valence-corrected chi connectivity index (χ2v) is 3.24. The molecule has 17 heavy (non-hydrogen) atoms. The van der Waals surface area contributed by atoms with Gasteiger partial charge in [0.2, 0.25) is 0 Å². The molecule has 0 spiro atoms. The van der Waals surface area contributed by atoms with Crippen molar-refractivity contribution in [2.45, 2.75) is 0 Å². The molecule has 0 saturated carbocycles. The molecule has 0 fully saturated rings. The van der Waals surface area contributed by atoms with E-state index in [1.165, 1.54) is 5.01 Å². The molecule has 0 bridgehead atoms. The lowest BCUT2D eigenvalue weighted by atomic mass is 10.3. The van der Waals surface area contributed by atoms with Crippen molar-refractivity contribution in [1.29, 1.82) is 0 Å². The van der Waals surface area contributed by atoms with Gasteiger partial charge in [0, 0.05) is 5.69 Å². The molecule has 7 nitrogen and oxygen atoms in total. The van der Waals surface area contributed by atoms with Crippen LogP contribution in [-0.2, 0) is 9.53 Å². The van der Waals surface area contributed by atoms with Gasteiger partial charge < -0.3 is 15.6 Å². The van der Waals surface area contributed by atoms with Gasteiger partial charge >= 0.3 is 5.97 Å². The molecule has 1 aromatic rings. The summed E-state index contributed by atoms with van der Waals surface area (Å²) in [6.07, 6.45) is 0. The van der Waals surface area contributed by atoms with E-state index in [1.54, 1.807) is 24.3 Å². The number of nitrogen functional groups attached to an aromatic ring is 1. The third kappa shape index (κ3) is 4.47. The number of nitrogens with zero attached hydrogens (tertiary/aromatic N) is 2. The Bertz CT molecular complexity index is 380. The number of ether oxygens (including phenoxy) is 1. The van der Waals surface area contributed by atoms with E-state index < -0.39 is 12.6 Å². The lowest BCUT2D eigenvalue weighted by Crippen LogP contribution is -2.22. The van der Waals surface area contributed by atoms with Gasteiger partial charge in [0.25, 0.3) is 0 Å². The third-order valence-corrected chi connectivity index (χ3v) is 1.96. The molecule has 0 atom stereocenters. The first kappa shape index (κ1) is 12.9. The Hall–Kier alpha value is -2.15. The Balaban J connectivity index is 2.45. The maximum Gasteiger partial charge on any atom is 0.329 e. The predicted octanol–water partition coefficient (Wildman–Crippen LogP) is 0.858. The monoisotopic (exact) mass is 239 g/mol. The van der Waals surface area contributed by atoms with Gasteiger partial charge in [-0.2, -0.15) is 0 Å². The summed E-state index contributed by atoms with van der Waals surface area (Å²) in [6.45, 7) is -0.114. The van der Waals surface area contributed by atoms with E-state index in [9.17, 15) is 9.70 Å². The molecule has 0 amide bonds. The second-order valence-electron chi connectivity index (χ2n) is 3.24. The van der Waals surface area contributed by atoms with Crippen LogP contribution in [-0.4, -0.2) is 30.8 Å². The summed E-state index contributed by atoms with van der Waals surface area (Å²) in [4.78, 5) is 20.8. The molecule has 0 aliphatic rings. The highest BCUT2D eigenvalue weighted by atomic mass is 16.5. The SMILES string of the molecule is Nc1ccc(N(CCOCC(=O)O)N=O)cc1. The Morgan fingerprint density at radius 1 is 1.41 bits per heavy atom. The van der Waals surface area contributed by atoms with Gasteiger partial charge in [0.15, 0.2) is 0 Å². The van der Waals surface area contributed by atoms with Crippen LogP contribution in [0.1, 0.15) is 0 Å². The van der Waals surface area contributed by atoms with Crippen LogP contribution in [0.25, 0.3) is 0 Å². The van der Waals surface area contributed by atoms with E-state index in [0.717, 1.165) is 0 Å². The fourth-order valence-corrected chi connectivity index (χ4v) is 1.17. The number of carboxylic acids is 1. The molecule has 0 heterocycles. The lowest BCUT2D eigenvalue weighted by molar-refractivity contribution is -0.142. The average Bonchev–Trinajstić information content (AvgIpc) is 2.30. The van der Waals surface area contributed by atoms with Gasteiger partial charge in [0.1, 0.15) is 6.61 Å². The van der Waals surface area contributed by atoms with E-state index in [4.69, 9.17) is 15.6 Å². The summed E-state index contributed by atoms with van der Waals surface area (Å²) in [5.41, 5.74) is 6.67. The van der Waals surface area contributed by atoms with Gasteiger partial charge in [-0.15, -0.1) is 4.91 Å². The molecule has 0 saturated heterocycles. The molecule has 3 N–H and O–H groups in total. The van der Waals surface area contributed by atoms with E-state index in [-0.39, 0.29) is 13.2 Å². The summed E-state index contributed by atoms with van der Waals surface area (Å²) >= 11 is 0. The molecule has 0 aliphatic carbocycles. The Morgan fingerprint density at radius 3 is 2.59 bits per heavy atom. The van der Waals surface area contributed by atoms with Crippen LogP contribution in [0.3, 0.4) is 0 Å². The normalized spacial score (nSPS) is 9.88. The zero-order valence-corrected chi connectivity index (χ0v) is 9.07. The molecule has 92 valence electrons. The van der Waals surface area contributed by atoms with E-state index in [1.807, 2.05) is 0 Å². The highest BCUT2D eigenvalue weighted by molar-refractivity contribution is 5.68. The first-order chi connectivity index (χ1) is 8.13. The number of nitroso groups, excluding NO2 is 1. The Labute approximate surface area is 97.7 Å². The largest absolute Gasteiger partial charge is 0.480 e. The lowest BCUT2D eigenvalue weighted by Gasteiger charge is -2.14. The van der Waals surface area contributed by atoms with Gasteiger partial charge in [-0.05, 0) is 24.3 Å². The van der Waals surface area contributed by atoms with E-state index in [0.29, 0.717) is 11.4 Å². The summed E-state index contributed by atoms with van der Waals surface area (Å²) in [7, 11) is 0. The number of nitrogens with two attached hydrogens (primary N) is 1. The first-order valence-corrected chi connectivity index (χ1v) is 4.89. The van der Waals surface area contributed by atoms with E-state index >= 15 is 0 Å². The molecule has 0 aromatic heterocycles. The van der Waals surface area contributed by atoms with Crippen LogP contribution >= 0.6 is 0 Å². The first-order valence-electron chi connectivity index (χ1n) is 4.89. The maximum absolute atomic E-state index is 10.6. The highest BCUT2D eigenvalue weighted by Crippen LogP contribution is 2.16. The van der Waals surface area contributed by atoms with Crippen molar-refractivity contribution in [2.75, 3.05) is 30.5 Å². The molecular weight excluding hydrogens is 226 g/mol. The molecular formula is C10H13N3O4. The molecule has 1 rings (SSSR count). The molecule has 0 aliphatic heterocycles. The van der Waals surface area contributed by atoms with Crippen molar-refractivity contribution < 1.29 is 14.6 Å². The second kappa shape index (κ2) is 6.44. The minimum absolute atomic E-state index is 0.0996. The number of benzene rings is 1. The quantitative estimate of drug-likeness (QED) is 0.316. The highest BCUT2D eigenvalue weighted by Gasteiger charge is 2.06. The number of hydrogen-bond acceptors (Lipinski definition) is 5. The number of aliphatic carboxylic acids is 1. The molecule has 0 radical (unpaired) electrons. The minimum Gasteiger partial charge on any atom is -0.480 e. The van der Waals surface area contributed by atoms with Crippen LogP contribution in [0.15, 0.2) is 29.6 Å². The molecule has 7 heteroatoms. The van der Waals surface area contributed by atoms with E-state index in [2.05, 4.69) is 5.29 Å². The number of hydrogen-bond donors (Lipinski definition) is 2. The number of rotatable bonds is 7. The fourth-order valence-electron chi connectivity index (χ4n) is 1.17. The van der Waals surface area contributed by atoms with Crippen LogP contribution in [0, 0.1) is 4.91 Å². The Kier molecular flexibility index (Phi) is 4.89. The standard InChI is InChI=1S/C10H13N3O4/c11-8-1-3-9(4-2-8)13(12-16)5-6-17-7-10(14)15/h1-4H,5-7,11H2,(H,14,15). The summed E-state index contributed by atoms with van der Waals surface area (Å²) in [5, 5.41) is 12.3. The van der Waals surface area contributed by atoms with Gasteiger partial charge in [0.05, 0.1) is 24.1 Å². The summed E-state index contributed by atoms with van der Waals surface area (Å²) in [6, 6.07) is 6.58. The van der Waals surface area contributed by atoms with Crippen molar-refractivity contribution in [3.8, 4) is 0 Å². The summed E-state index contributed by atoms with van der Waals surface area (Å²) < 4.78 is 4.81. The van der Waals surface area contributed by atoms with Crippen molar-refractivity contribution >= 4 is 17.3 Å². The summed E-state index contributed by atoms with van der Waals surface area (Å²) in [5.74, 6) is -1.05. The zero-order valence-electron chi connectivity index (χ0n) is 9.07.